The molecule has 0 amide bonds. The van der Waals surface area contributed by atoms with E-state index in [1.165, 1.54) is 0 Å². The van der Waals surface area contributed by atoms with Crippen LogP contribution in [0.5, 0.6) is 5.88 Å². The molecule has 1 heterocycles. The predicted octanol–water partition coefficient (Wildman–Crippen LogP) is 3.41. The molecule has 5 nitrogen and oxygen atoms in total. The topological polar surface area (TPSA) is 74.4 Å². The Hall–Kier alpha value is -2.56. The number of nitrogens with zero attached hydrogens (tertiary/aromatic N) is 1. The van der Waals surface area contributed by atoms with Crippen molar-refractivity contribution < 1.29 is 14.3 Å². The maximum atomic E-state index is 11.8. The summed E-state index contributed by atoms with van der Waals surface area (Å²) >= 11 is 0. The van der Waals surface area contributed by atoms with E-state index in [2.05, 4.69) is 11.9 Å². The van der Waals surface area contributed by atoms with E-state index < -0.39 is 0 Å². The average molecular weight is 328 g/mol. The number of benzene rings is 1. The minimum absolute atomic E-state index is 0.321. The van der Waals surface area contributed by atoms with Crippen molar-refractivity contribution in [1.29, 1.82) is 0 Å². The lowest BCUT2D eigenvalue weighted by Crippen LogP contribution is -2.07. The van der Waals surface area contributed by atoms with Gasteiger partial charge in [0.05, 0.1) is 18.8 Å². The standard InChI is InChI=1S/C19H24N2O3/c1-3-11-24-18-10-6-14(13-21-18)5-7-15-12-16(8-9-17(15)20)19(22)23-4-2/h6,8-10,12-13H,3-5,7,11,20H2,1-2H3. The van der Waals surface area contributed by atoms with Crippen LogP contribution in [0.25, 0.3) is 0 Å². The Morgan fingerprint density at radius 3 is 2.67 bits per heavy atom. The number of carbonyl (C=O) groups is 1. The number of esters is 1. The molecule has 0 aliphatic carbocycles. The van der Waals surface area contributed by atoms with Crippen LogP contribution >= 0.6 is 0 Å². The van der Waals surface area contributed by atoms with Crippen LogP contribution in [0.1, 0.15) is 41.8 Å². The molecule has 1 aromatic heterocycles. The van der Waals surface area contributed by atoms with E-state index in [0.717, 1.165) is 30.4 Å². The largest absolute Gasteiger partial charge is 0.478 e. The van der Waals surface area contributed by atoms with E-state index in [4.69, 9.17) is 15.2 Å². The molecule has 0 saturated carbocycles. The molecule has 0 spiro atoms. The van der Waals surface area contributed by atoms with Crippen LogP contribution in [0, 0.1) is 0 Å². The summed E-state index contributed by atoms with van der Waals surface area (Å²) in [7, 11) is 0. The molecule has 2 N–H and O–H groups in total. The lowest BCUT2D eigenvalue weighted by Gasteiger charge is -2.09. The zero-order valence-electron chi connectivity index (χ0n) is 14.2. The second-order valence-electron chi connectivity index (χ2n) is 5.49. The number of ether oxygens (including phenoxy) is 2. The van der Waals surface area contributed by atoms with E-state index in [1.807, 2.05) is 18.3 Å². The molecule has 1 aromatic carbocycles. The molecule has 0 bridgehead atoms. The smallest absolute Gasteiger partial charge is 0.338 e. The van der Waals surface area contributed by atoms with Crippen molar-refractivity contribution in [2.24, 2.45) is 0 Å². The van der Waals surface area contributed by atoms with Gasteiger partial charge in [-0.1, -0.05) is 13.0 Å². The second kappa shape index (κ2) is 8.91. The monoisotopic (exact) mass is 328 g/mol. The van der Waals surface area contributed by atoms with Gasteiger partial charge in [0.1, 0.15) is 0 Å². The Balaban J connectivity index is 2.00. The third kappa shape index (κ3) is 4.98. The fourth-order valence-corrected chi connectivity index (χ4v) is 2.29. The third-order valence-electron chi connectivity index (χ3n) is 3.59. The molecule has 128 valence electrons. The van der Waals surface area contributed by atoms with Gasteiger partial charge in [0.15, 0.2) is 0 Å². The lowest BCUT2D eigenvalue weighted by molar-refractivity contribution is 0.0526. The molecule has 0 radical (unpaired) electrons. The summed E-state index contributed by atoms with van der Waals surface area (Å²) in [6.45, 7) is 4.88. The van der Waals surface area contributed by atoms with Gasteiger partial charge in [0.25, 0.3) is 0 Å². The van der Waals surface area contributed by atoms with Gasteiger partial charge in [-0.2, -0.15) is 0 Å². The van der Waals surface area contributed by atoms with E-state index in [9.17, 15) is 4.79 Å². The van der Waals surface area contributed by atoms with E-state index in [1.54, 1.807) is 25.1 Å². The van der Waals surface area contributed by atoms with Gasteiger partial charge >= 0.3 is 5.97 Å². The van der Waals surface area contributed by atoms with Crippen LogP contribution in [0.2, 0.25) is 0 Å². The summed E-state index contributed by atoms with van der Waals surface area (Å²) < 4.78 is 10.5. The highest BCUT2D eigenvalue weighted by molar-refractivity contribution is 5.90. The quantitative estimate of drug-likeness (QED) is 0.594. The molecule has 0 fully saturated rings. The molecule has 0 saturated heterocycles. The summed E-state index contributed by atoms with van der Waals surface area (Å²) in [6, 6.07) is 9.13. The van der Waals surface area contributed by atoms with Gasteiger partial charge in [0, 0.05) is 18.0 Å². The summed E-state index contributed by atoms with van der Waals surface area (Å²) in [4.78, 5) is 16.1. The van der Waals surface area contributed by atoms with Crippen molar-refractivity contribution in [3.05, 3.63) is 53.2 Å². The van der Waals surface area contributed by atoms with Gasteiger partial charge in [-0.3, -0.25) is 0 Å². The highest BCUT2D eigenvalue weighted by Gasteiger charge is 2.09. The molecule has 24 heavy (non-hydrogen) atoms. The fourth-order valence-electron chi connectivity index (χ4n) is 2.29. The highest BCUT2D eigenvalue weighted by atomic mass is 16.5. The number of hydrogen-bond acceptors (Lipinski definition) is 5. The maximum absolute atomic E-state index is 11.8. The second-order valence-corrected chi connectivity index (χ2v) is 5.49. The third-order valence-corrected chi connectivity index (χ3v) is 3.59. The van der Waals surface area contributed by atoms with Crippen LogP contribution in [0.15, 0.2) is 36.5 Å². The first kappa shape index (κ1) is 17.8. The Bertz CT molecular complexity index is 669. The summed E-state index contributed by atoms with van der Waals surface area (Å²) in [5.74, 6) is 0.322. The summed E-state index contributed by atoms with van der Waals surface area (Å²) in [5.41, 5.74) is 9.26. The summed E-state index contributed by atoms with van der Waals surface area (Å²) in [5, 5.41) is 0. The molecule has 0 atom stereocenters. The molecule has 0 aliphatic heterocycles. The van der Waals surface area contributed by atoms with Crippen molar-refractivity contribution in [2.45, 2.75) is 33.1 Å². The zero-order chi connectivity index (χ0) is 17.4. The SMILES string of the molecule is CCCOc1ccc(CCc2cc(C(=O)OCC)ccc2N)cn1. The maximum Gasteiger partial charge on any atom is 0.338 e. The Morgan fingerprint density at radius 2 is 2.00 bits per heavy atom. The predicted molar refractivity (Wildman–Crippen MR) is 94.2 cm³/mol. The number of aromatic nitrogens is 1. The minimum atomic E-state index is -0.321. The number of nitrogens with two attached hydrogens (primary N) is 1. The van der Waals surface area contributed by atoms with Crippen LogP contribution < -0.4 is 10.5 Å². The molecular weight excluding hydrogens is 304 g/mol. The van der Waals surface area contributed by atoms with Crippen LogP contribution in [0.3, 0.4) is 0 Å². The normalized spacial score (nSPS) is 10.4. The van der Waals surface area contributed by atoms with E-state index >= 15 is 0 Å². The zero-order valence-corrected chi connectivity index (χ0v) is 14.2. The first-order chi connectivity index (χ1) is 11.6. The van der Waals surface area contributed by atoms with E-state index in [-0.39, 0.29) is 5.97 Å². The van der Waals surface area contributed by atoms with Crippen molar-refractivity contribution in [1.82, 2.24) is 4.98 Å². The lowest BCUT2D eigenvalue weighted by atomic mass is 10.0. The number of aryl methyl sites for hydroxylation is 2. The Morgan fingerprint density at radius 1 is 1.17 bits per heavy atom. The van der Waals surface area contributed by atoms with Crippen molar-refractivity contribution in [3.63, 3.8) is 0 Å². The van der Waals surface area contributed by atoms with Gasteiger partial charge in [-0.25, -0.2) is 9.78 Å². The molecule has 0 aliphatic rings. The molecule has 0 unspecified atom stereocenters. The van der Waals surface area contributed by atoms with Crippen molar-refractivity contribution >= 4 is 11.7 Å². The average Bonchev–Trinajstić information content (AvgIpc) is 2.60. The van der Waals surface area contributed by atoms with Crippen LogP contribution in [0.4, 0.5) is 5.69 Å². The molecule has 5 heteroatoms. The van der Waals surface area contributed by atoms with Crippen molar-refractivity contribution in [2.75, 3.05) is 18.9 Å². The van der Waals surface area contributed by atoms with Crippen molar-refractivity contribution in [3.8, 4) is 5.88 Å². The molecular formula is C19H24N2O3. The van der Waals surface area contributed by atoms with Crippen LogP contribution in [-0.4, -0.2) is 24.2 Å². The first-order valence-electron chi connectivity index (χ1n) is 8.27. The molecule has 2 aromatic rings. The number of pyridine rings is 1. The number of anilines is 1. The van der Waals surface area contributed by atoms with E-state index in [0.29, 0.717) is 30.3 Å². The fraction of sp³-hybridized carbons (Fsp3) is 0.368. The van der Waals surface area contributed by atoms with Crippen LogP contribution in [-0.2, 0) is 17.6 Å². The van der Waals surface area contributed by atoms with Gasteiger partial charge in [0.2, 0.25) is 5.88 Å². The van der Waals surface area contributed by atoms with Gasteiger partial charge < -0.3 is 15.2 Å². The van der Waals surface area contributed by atoms with Gasteiger partial charge in [-0.15, -0.1) is 0 Å². The van der Waals surface area contributed by atoms with Gasteiger partial charge in [-0.05, 0) is 55.5 Å². The Labute approximate surface area is 142 Å². The molecule has 2 rings (SSSR count). The summed E-state index contributed by atoms with van der Waals surface area (Å²) in [6.07, 6.45) is 4.29. The number of nitrogen functional groups attached to an aromatic ring is 1. The number of carbonyl (C=O) groups excluding carboxylic acids is 1. The minimum Gasteiger partial charge on any atom is -0.478 e. The number of hydrogen-bond donors (Lipinski definition) is 1. The Kier molecular flexibility index (Phi) is 6.61. The first-order valence-corrected chi connectivity index (χ1v) is 8.27. The highest BCUT2D eigenvalue weighted by Crippen LogP contribution is 2.18. The number of rotatable bonds is 8.